The smallest absolute Gasteiger partial charge is 0.407 e. The molecule has 4 fully saturated rings. The summed E-state index contributed by atoms with van der Waals surface area (Å²) in [6, 6.07) is 0. The van der Waals surface area contributed by atoms with Gasteiger partial charge in [0, 0.05) is 12.3 Å². The lowest BCUT2D eigenvalue weighted by atomic mass is 9.46. The zero-order valence-electron chi connectivity index (χ0n) is 16.1. The zero-order valence-corrected chi connectivity index (χ0v) is 16.1. The quantitative estimate of drug-likeness (QED) is 0.763. The van der Waals surface area contributed by atoms with Crippen LogP contribution < -0.4 is 5.32 Å². The summed E-state index contributed by atoms with van der Waals surface area (Å²) in [6.07, 6.45) is 11.0. The molecule has 0 aromatic carbocycles. The molecule has 7 atom stereocenters. The van der Waals surface area contributed by atoms with Gasteiger partial charge in [-0.05, 0) is 79.6 Å². The van der Waals surface area contributed by atoms with Crippen molar-refractivity contribution in [3.05, 3.63) is 11.6 Å². The fraction of sp³-hybridized carbons (Fsp3) is 0.818. The van der Waals surface area contributed by atoms with Gasteiger partial charge in [-0.2, -0.15) is 0 Å². The third-order valence-corrected chi connectivity index (χ3v) is 9.19. The summed E-state index contributed by atoms with van der Waals surface area (Å²) in [5.41, 5.74) is 2.00. The highest BCUT2D eigenvalue weighted by Crippen LogP contribution is 2.67. The number of amides is 1. The lowest BCUT2D eigenvalue weighted by Crippen LogP contribution is -2.51. The molecule has 0 aromatic rings. The standard InChI is InChI=1S/C22H31NO3/c1-21-9-7-14(24)11-13(21)3-4-15-16-5-6-18(19-12-23-20(25)26-19)22(16,2)10-8-17(15)21/h11,15-19H,3-10,12H2,1-2H3,(H,23,25)/t15?,16?,17?,18-,19?,21+,22+/m1/s1. The van der Waals surface area contributed by atoms with Crippen LogP contribution >= 0.6 is 0 Å². The van der Waals surface area contributed by atoms with Crippen LogP contribution in [-0.4, -0.2) is 24.5 Å². The molecule has 1 saturated heterocycles. The predicted molar refractivity (Wildman–Crippen MR) is 98.5 cm³/mol. The maximum Gasteiger partial charge on any atom is 0.407 e. The second-order valence-electron chi connectivity index (χ2n) is 10.0. The van der Waals surface area contributed by atoms with Crippen LogP contribution in [0.1, 0.15) is 65.2 Å². The van der Waals surface area contributed by atoms with Gasteiger partial charge in [0.05, 0.1) is 6.54 Å². The normalized spacial score (nSPS) is 50.2. The van der Waals surface area contributed by atoms with Crippen molar-refractivity contribution in [1.82, 2.24) is 5.32 Å². The number of nitrogens with one attached hydrogen (secondary N) is 1. The van der Waals surface area contributed by atoms with E-state index in [1.54, 1.807) is 0 Å². The molecule has 142 valence electrons. The van der Waals surface area contributed by atoms with Crippen LogP contribution in [-0.2, 0) is 9.53 Å². The number of fused-ring (bicyclic) bond motifs is 5. The van der Waals surface area contributed by atoms with Gasteiger partial charge in [-0.3, -0.25) is 4.79 Å². The molecule has 3 saturated carbocycles. The Labute approximate surface area is 156 Å². The molecule has 1 amide bonds. The number of carbonyl (C=O) groups is 2. The first-order chi connectivity index (χ1) is 12.4. The minimum absolute atomic E-state index is 0.0657. The van der Waals surface area contributed by atoms with E-state index < -0.39 is 0 Å². The van der Waals surface area contributed by atoms with E-state index >= 15 is 0 Å². The third-order valence-electron chi connectivity index (χ3n) is 9.19. The number of rotatable bonds is 1. The van der Waals surface area contributed by atoms with Crippen LogP contribution in [0.4, 0.5) is 4.79 Å². The summed E-state index contributed by atoms with van der Waals surface area (Å²) in [5.74, 6) is 3.11. The van der Waals surface area contributed by atoms with Crippen molar-refractivity contribution in [1.29, 1.82) is 0 Å². The van der Waals surface area contributed by atoms with Crippen LogP contribution in [0.2, 0.25) is 0 Å². The molecule has 0 bridgehead atoms. The first-order valence-electron chi connectivity index (χ1n) is 10.6. The highest BCUT2D eigenvalue weighted by atomic mass is 16.6. The fourth-order valence-electron chi connectivity index (χ4n) is 7.84. The van der Waals surface area contributed by atoms with Crippen LogP contribution in [0.5, 0.6) is 0 Å². The van der Waals surface area contributed by atoms with Crippen molar-refractivity contribution in [3.8, 4) is 0 Å². The number of hydrogen-bond acceptors (Lipinski definition) is 3. The van der Waals surface area contributed by atoms with Crippen LogP contribution in [0, 0.1) is 34.5 Å². The molecule has 4 aliphatic carbocycles. The van der Waals surface area contributed by atoms with E-state index in [9.17, 15) is 9.59 Å². The molecule has 5 rings (SSSR count). The topological polar surface area (TPSA) is 55.4 Å². The first kappa shape index (κ1) is 16.8. The molecular formula is C22H31NO3. The Balaban J connectivity index is 1.42. The van der Waals surface area contributed by atoms with Gasteiger partial charge in [0.25, 0.3) is 0 Å². The molecule has 4 nitrogen and oxygen atoms in total. The van der Waals surface area contributed by atoms with Crippen LogP contribution in [0.3, 0.4) is 0 Å². The van der Waals surface area contributed by atoms with E-state index in [2.05, 4.69) is 19.2 Å². The summed E-state index contributed by atoms with van der Waals surface area (Å²) in [5, 5.41) is 2.86. The average molecular weight is 357 g/mol. The largest absolute Gasteiger partial charge is 0.444 e. The minimum Gasteiger partial charge on any atom is -0.444 e. The van der Waals surface area contributed by atoms with Gasteiger partial charge in [-0.1, -0.05) is 19.4 Å². The lowest BCUT2D eigenvalue weighted by molar-refractivity contribution is -0.117. The highest BCUT2D eigenvalue weighted by molar-refractivity contribution is 5.91. The number of cyclic esters (lactones) is 1. The van der Waals surface area contributed by atoms with Gasteiger partial charge >= 0.3 is 6.09 Å². The monoisotopic (exact) mass is 357 g/mol. The molecular weight excluding hydrogens is 326 g/mol. The van der Waals surface area contributed by atoms with E-state index in [-0.39, 0.29) is 17.6 Å². The second-order valence-corrected chi connectivity index (χ2v) is 10.0. The van der Waals surface area contributed by atoms with Crippen molar-refractivity contribution in [3.63, 3.8) is 0 Å². The first-order valence-corrected chi connectivity index (χ1v) is 10.6. The van der Waals surface area contributed by atoms with E-state index in [0.717, 1.165) is 37.0 Å². The van der Waals surface area contributed by atoms with E-state index in [4.69, 9.17) is 4.74 Å². The molecule has 0 radical (unpaired) electrons. The van der Waals surface area contributed by atoms with Crippen molar-refractivity contribution in [2.75, 3.05) is 6.54 Å². The lowest BCUT2D eigenvalue weighted by Gasteiger charge is -2.58. The molecule has 1 N–H and O–H groups in total. The fourth-order valence-corrected chi connectivity index (χ4v) is 7.84. The van der Waals surface area contributed by atoms with Crippen LogP contribution in [0.25, 0.3) is 0 Å². The Kier molecular flexibility index (Phi) is 3.62. The Morgan fingerprint density at radius 2 is 1.81 bits per heavy atom. The zero-order chi connectivity index (χ0) is 18.1. The Bertz CT molecular complexity index is 685. The summed E-state index contributed by atoms with van der Waals surface area (Å²) >= 11 is 0. The third kappa shape index (κ3) is 2.20. The molecule has 5 aliphatic rings. The summed E-state index contributed by atoms with van der Waals surface area (Å²) < 4.78 is 5.62. The molecule has 4 unspecified atom stereocenters. The number of hydrogen-bond donors (Lipinski definition) is 1. The number of carbonyl (C=O) groups excluding carboxylic acids is 2. The number of ketones is 1. The SMILES string of the molecule is C[C@]12CCC(=O)C=C1CCC1C2CC[C@@]2(C)C1CC[C@@H]2C1CNC(=O)O1. The molecule has 1 heterocycles. The maximum atomic E-state index is 11.9. The van der Waals surface area contributed by atoms with Gasteiger partial charge in [0.1, 0.15) is 6.10 Å². The molecule has 0 spiro atoms. The number of alkyl carbamates (subject to hydrolysis) is 1. The maximum absolute atomic E-state index is 11.9. The van der Waals surface area contributed by atoms with Crippen molar-refractivity contribution in [2.45, 2.75) is 71.3 Å². The predicted octanol–water partition coefficient (Wildman–Crippen LogP) is 4.24. The summed E-state index contributed by atoms with van der Waals surface area (Å²) in [7, 11) is 0. The van der Waals surface area contributed by atoms with E-state index in [0.29, 0.717) is 23.7 Å². The molecule has 26 heavy (non-hydrogen) atoms. The van der Waals surface area contributed by atoms with Crippen molar-refractivity contribution in [2.24, 2.45) is 34.5 Å². The van der Waals surface area contributed by atoms with Crippen molar-refractivity contribution < 1.29 is 14.3 Å². The highest BCUT2D eigenvalue weighted by Gasteiger charge is 2.60. The van der Waals surface area contributed by atoms with Crippen molar-refractivity contribution >= 4 is 11.9 Å². The van der Waals surface area contributed by atoms with E-state index in [1.807, 2.05) is 6.08 Å². The summed E-state index contributed by atoms with van der Waals surface area (Å²) in [6.45, 7) is 5.61. The van der Waals surface area contributed by atoms with Gasteiger partial charge in [0.15, 0.2) is 5.78 Å². The molecule has 1 aliphatic heterocycles. The summed E-state index contributed by atoms with van der Waals surface area (Å²) in [4.78, 5) is 23.5. The second kappa shape index (κ2) is 5.59. The number of ether oxygens (including phenoxy) is 1. The number of allylic oxidation sites excluding steroid dienone is 1. The van der Waals surface area contributed by atoms with E-state index in [1.165, 1.54) is 37.7 Å². The Morgan fingerprint density at radius 3 is 2.58 bits per heavy atom. The van der Waals surface area contributed by atoms with Gasteiger partial charge < -0.3 is 10.1 Å². The molecule has 0 aromatic heterocycles. The minimum atomic E-state index is -0.234. The van der Waals surface area contributed by atoms with Gasteiger partial charge in [-0.15, -0.1) is 0 Å². The Hall–Kier alpha value is -1.32. The van der Waals surface area contributed by atoms with Crippen LogP contribution in [0.15, 0.2) is 11.6 Å². The van der Waals surface area contributed by atoms with Gasteiger partial charge in [0.2, 0.25) is 0 Å². The Morgan fingerprint density at radius 1 is 1.00 bits per heavy atom. The molecule has 4 heteroatoms. The van der Waals surface area contributed by atoms with Gasteiger partial charge in [-0.25, -0.2) is 4.79 Å². The average Bonchev–Trinajstić information content (AvgIpc) is 3.18.